The van der Waals surface area contributed by atoms with Crippen LogP contribution >= 0.6 is 0 Å². The van der Waals surface area contributed by atoms with Crippen LogP contribution in [0.3, 0.4) is 0 Å². The fourth-order valence-electron chi connectivity index (χ4n) is 1.99. The summed E-state index contributed by atoms with van der Waals surface area (Å²) in [4.78, 5) is 0. The van der Waals surface area contributed by atoms with E-state index in [1.54, 1.807) is 7.11 Å². The molecule has 0 bridgehead atoms. The van der Waals surface area contributed by atoms with E-state index in [0.29, 0.717) is 12.6 Å². The van der Waals surface area contributed by atoms with Crippen LogP contribution in [0.4, 0.5) is 0 Å². The zero-order valence-corrected chi connectivity index (χ0v) is 9.69. The van der Waals surface area contributed by atoms with Crippen molar-refractivity contribution in [2.75, 3.05) is 26.9 Å². The van der Waals surface area contributed by atoms with Gasteiger partial charge in [-0.25, -0.2) is 0 Å². The molecule has 0 saturated carbocycles. The zero-order chi connectivity index (χ0) is 11.2. The van der Waals surface area contributed by atoms with Crippen molar-refractivity contribution in [3.05, 3.63) is 35.9 Å². The molecule has 1 aromatic carbocycles. The summed E-state index contributed by atoms with van der Waals surface area (Å²) < 4.78 is 10.8. The van der Waals surface area contributed by atoms with Crippen molar-refractivity contribution < 1.29 is 9.47 Å². The number of benzene rings is 1. The molecule has 0 radical (unpaired) electrons. The van der Waals surface area contributed by atoms with E-state index in [1.807, 2.05) is 6.07 Å². The lowest BCUT2D eigenvalue weighted by Gasteiger charge is -2.30. The summed E-state index contributed by atoms with van der Waals surface area (Å²) in [6.45, 7) is 2.32. The highest BCUT2D eigenvalue weighted by Gasteiger charge is 2.20. The topological polar surface area (TPSA) is 30.5 Å². The molecule has 3 nitrogen and oxygen atoms in total. The fraction of sp³-hybridized carbons (Fsp3) is 0.538. The molecule has 2 atom stereocenters. The minimum atomic E-state index is 0.206. The van der Waals surface area contributed by atoms with Crippen molar-refractivity contribution in [2.45, 2.75) is 18.6 Å². The second-order valence-electron chi connectivity index (χ2n) is 4.21. The highest BCUT2D eigenvalue weighted by molar-refractivity contribution is 5.16. The van der Waals surface area contributed by atoms with Gasteiger partial charge in [-0.05, 0) is 12.0 Å². The molecule has 0 aliphatic carbocycles. The van der Waals surface area contributed by atoms with Crippen molar-refractivity contribution >= 4 is 0 Å². The Balaban J connectivity index is 1.77. The van der Waals surface area contributed by atoms with Crippen LogP contribution < -0.4 is 5.32 Å². The minimum absolute atomic E-state index is 0.206. The van der Waals surface area contributed by atoms with Crippen LogP contribution in [0.5, 0.6) is 0 Å². The summed E-state index contributed by atoms with van der Waals surface area (Å²) >= 11 is 0. The molecule has 3 heteroatoms. The second kappa shape index (κ2) is 5.99. The van der Waals surface area contributed by atoms with Gasteiger partial charge >= 0.3 is 0 Å². The van der Waals surface area contributed by atoms with E-state index in [9.17, 15) is 0 Å². The van der Waals surface area contributed by atoms with Gasteiger partial charge in [-0.15, -0.1) is 0 Å². The maximum Gasteiger partial charge on any atom is 0.0933 e. The largest absolute Gasteiger partial charge is 0.382 e. The molecule has 1 aliphatic heterocycles. The summed E-state index contributed by atoms with van der Waals surface area (Å²) in [7, 11) is 1.71. The third kappa shape index (κ3) is 3.30. The lowest BCUT2D eigenvalue weighted by Crippen LogP contribution is -2.48. The van der Waals surface area contributed by atoms with E-state index in [-0.39, 0.29) is 6.10 Å². The molecule has 88 valence electrons. The quantitative estimate of drug-likeness (QED) is 0.829. The van der Waals surface area contributed by atoms with Gasteiger partial charge in [0.15, 0.2) is 0 Å². The van der Waals surface area contributed by atoms with E-state index in [4.69, 9.17) is 9.47 Å². The average Bonchev–Trinajstić information content (AvgIpc) is 2.33. The van der Waals surface area contributed by atoms with E-state index in [1.165, 1.54) is 5.56 Å². The smallest absolute Gasteiger partial charge is 0.0933 e. The Hall–Kier alpha value is -0.900. The van der Waals surface area contributed by atoms with Gasteiger partial charge < -0.3 is 14.8 Å². The van der Waals surface area contributed by atoms with Crippen LogP contribution in [0.2, 0.25) is 0 Å². The molecule has 1 heterocycles. The molecule has 0 spiro atoms. The summed E-state index contributed by atoms with van der Waals surface area (Å²) in [5, 5.41) is 3.50. The molecular weight excluding hydrogens is 202 g/mol. The molecule has 0 aromatic heterocycles. The van der Waals surface area contributed by atoms with Crippen molar-refractivity contribution in [1.29, 1.82) is 0 Å². The average molecular weight is 221 g/mol. The van der Waals surface area contributed by atoms with Crippen molar-refractivity contribution in [3.63, 3.8) is 0 Å². The first-order chi connectivity index (χ1) is 7.88. The van der Waals surface area contributed by atoms with Gasteiger partial charge in [-0.3, -0.25) is 0 Å². The Kier molecular flexibility index (Phi) is 4.34. The highest BCUT2D eigenvalue weighted by atomic mass is 16.5. The van der Waals surface area contributed by atoms with E-state index in [0.717, 1.165) is 19.6 Å². The van der Waals surface area contributed by atoms with Gasteiger partial charge in [0, 0.05) is 19.7 Å². The number of ether oxygens (including phenoxy) is 2. The lowest BCUT2D eigenvalue weighted by molar-refractivity contribution is -0.0356. The number of hydrogen-bond donors (Lipinski definition) is 1. The fourth-order valence-corrected chi connectivity index (χ4v) is 1.99. The van der Waals surface area contributed by atoms with E-state index >= 15 is 0 Å². The second-order valence-corrected chi connectivity index (χ2v) is 4.21. The van der Waals surface area contributed by atoms with Crippen LogP contribution in [-0.4, -0.2) is 39.0 Å². The summed E-state index contributed by atoms with van der Waals surface area (Å²) in [5.74, 6) is 0. The van der Waals surface area contributed by atoms with Crippen molar-refractivity contribution in [3.8, 4) is 0 Å². The molecule has 1 saturated heterocycles. The van der Waals surface area contributed by atoms with Crippen LogP contribution in [0.25, 0.3) is 0 Å². The van der Waals surface area contributed by atoms with Gasteiger partial charge in [0.1, 0.15) is 0 Å². The maximum absolute atomic E-state index is 5.72. The van der Waals surface area contributed by atoms with Crippen LogP contribution in [0, 0.1) is 0 Å². The summed E-state index contributed by atoms with van der Waals surface area (Å²) in [6.07, 6.45) is 1.23. The third-order valence-electron chi connectivity index (χ3n) is 2.84. The Labute approximate surface area is 96.8 Å². The first-order valence-electron chi connectivity index (χ1n) is 5.76. The molecule has 16 heavy (non-hydrogen) atoms. The molecule has 1 N–H and O–H groups in total. The van der Waals surface area contributed by atoms with Crippen molar-refractivity contribution in [2.24, 2.45) is 0 Å². The molecule has 0 amide bonds. The first kappa shape index (κ1) is 11.6. The van der Waals surface area contributed by atoms with Gasteiger partial charge in [-0.1, -0.05) is 30.3 Å². The predicted octanol–water partition coefficient (Wildman–Crippen LogP) is 1.23. The lowest BCUT2D eigenvalue weighted by atomic mass is 10.1. The van der Waals surface area contributed by atoms with Crippen LogP contribution in [0.1, 0.15) is 5.56 Å². The Bertz CT molecular complexity index is 294. The Morgan fingerprint density at radius 3 is 2.81 bits per heavy atom. The van der Waals surface area contributed by atoms with E-state index < -0.39 is 0 Å². The monoisotopic (exact) mass is 221 g/mol. The molecule has 1 aromatic rings. The molecule has 1 fully saturated rings. The normalized spacial score (nSPS) is 25.6. The zero-order valence-electron chi connectivity index (χ0n) is 9.69. The van der Waals surface area contributed by atoms with E-state index in [2.05, 4.69) is 29.6 Å². The first-order valence-corrected chi connectivity index (χ1v) is 5.76. The Morgan fingerprint density at radius 2 is 2.19 bits per heavy atom. The van der Waals surface area contributed by atoms with Gasteiger partial charge in [0.2, 0.25) is 0 Å². The molecule has 2 unspecified atom stereocenters. The van der Waals surface area contributed by atoms with Gasteiger partial charge in [0.25, 0.3) is 0 Å². The number of morpholine rings is 1. The summed E-state index contributed by atoms with van der Waals surface area (Å²) in [5.41, 5.74) is 1.36. The SMILES string of the molecule is COCC1CNC(Cc2ccccc2)CO1. The maximum atomic E-state index is 5.72. The van der Waals surface area contributed by atoms with Crippen LogP contribution in [0.15, 0.2) is 30.3 Å². The number of rotatable bonds is 4. The molecule has 2 rings (SSSR count). The summed E-state index contributed by atoms with van der Waals surface area (Å²) in [6, 6.07) is 10.9. The van der Waals surface area contributed by atoms with Crippen molar-refractivity contribution in [1.82, 2.24) is 5.32 Å². The number of hydrogen-bond acceptors (Lipinski definition) is 3. The highest BCUT2D eigenvalue weighted by Crippen LogP contribution is 2.08. The molecular formula is C13H19NO2. The third-order valence-corrected chi connectivity index (χ3v) is 2.84. The minimum Gasteiger partial charge on any atom is -0.382 e. The van der Waals surface area contributed by atoms with Gasteiger partial charge in [0.05, 0.1) is 19.3 Å². The predicted molar refractivity (Wildman–Crippen MR) is 63.6 cm³/mol. The number of nitrogens with one attached hydrogen (secondary N) is 1. The standard InChI is InChI=1S/C13H19NO2/c1-15-10-13-8-14-12(9-16-13)7-11-5-3-2-4-6-11/h2-6,12-14H,7-10H2,1H3. The van der Waals surface area contributed by atoms with Crippen LogP contribution in [-0.2, 0) is 15.9 Å². The number of methoxy groups -OCH3 is 1. The van der Waals surface area contributed by atoms with Gasteiger partial charge in [-0.2, -0.15) is 0 Å². The Morgan fingerprint density at radius 1 is 1.38 bits per heavy atom. The molecule has 1 aliphatic rings.